The fraction of sp³-hybridized carbons (Fsp3) is 0.143. The fourth-order valence-corrected chi connectivity index (χ4v) is 0.387. The van der Waals surface area contributed by atoms with Crippen LogP contribution in [0.1, 0.15) is 9.68 Å². The third kappa shape index (κ3) is 1.04. The molecule has 1 radical (unpaired) electrons. The van der Waals surface area contributed by atoms with Gasteiger partial charge in [-0.15, -0.1) is 0 Å². The van der Waals surface area contributed by atoms with Crippen molar-refractivity contribution >= 4 is 0 Å². The van der Waals surface area contributed by atoms with E-state index in [1.54, 1.807) is 24.3 Å². The zero-order chi connectivity index (χ0) is 7.61. The summed E-state index contributed by atoms with van der Waals surface area (Å²) in [5, 5.41) is 0. The van der Waals surface area contributed by atoms with Crippen LogP contribution in [0.5, 0.6) is 0 Å². The Morgan fingerprint density at radius 3 is 2.71 bits per heavy atom. The van der Waals surface area contributed by atoms with Crippen molar-refractivity contribution in [3.05, 3.63) is 35.9 Å². The van der Waals surface area contributed by atoms with Crippen LogP contribution in [0.15, 0.2) is 24.3 Å². The summed E-state index contributed by atoms with van der Waals surface area (Å²) < 4.78 is 21.0. The van der Waals surface area contributed by atoms with Gasteiger partial charge in [0.25, 0.3) is 0 Å². The highest BCUT2D eigenvalue weighted by molar-refractivity contribution is 5.10. The summed E-state index contributed by atoms with van der Waals surface area (Å²) in [6.07, 6.45) is 0. The quantitative estimate of drug-likeness (QED) is 0.460. The highest BCUT2D eigenvalue weighted by Gasteiger charge is 1.72. The zero-order valence-corrected chi connectivity index (χ0v) is 3.81. The first-order valence-corrected chi connectivity index (χ1v) is 2.07. The van der Waals surface area contributed by atoms with Gasteiger partial charge >= 0.3 is 0 Å². The van der Waals surface area contributed by atoms with Gasteiger partial charge in [0.2, 0.25) is 0 Å². The standard InChI is InChI=1S/C7H7/c1-7-5-3-2-4-6-7/h3-6H,1H3/i1D3. The largest absolute Gasteiger partial charge is 0.0587 e. The summed E-state index contributed by atoms with van der Waals surface area (Å²) in [6.45, 7) is -1.98. The van der Waals surface area contributed by atoms with Gasteiger partial charge in [0.1, 0.15) is 0 Å². The number of rotatable bonds is 0. The molecular weight excluding hydrogens is 84.1 g/mol. The Hall–Kier alpha value is -0.780. The normalized spacial score (nSPS) is 16.9. The van der Waals surface area contributed by atoms with Crippen molar-refractivity contribution in [2.75, 3.05) is 0 Å². The minimum absolute atomic E-state index is 0.367. The number of aryl methyl sites for hydroxylation is 1. The van der Waals surface area contributed by atoms with Gasteiger partial charge < -0.3 is 0 Å². The van der Waals surface area contributed by atoms with E-state index in [-0.39, 0.29) is 0 Å². The second-order valence-electron chi connectivity index (χ2n) is 1.29. The average molecular weight is 94.2 g/mol. The van der Waals surface area contributed by atoms with Crippen LogP contribution in [0.4, 0.5) is 0 Å². The van der Waals surface area contributed by atoms with E-state index < -0.39 is 6.85 Å². The van der Waals surface area contributed by atoms with Crippen LogP contribution in [0.3, 0.4) is 0 Å². The van der Waals surface area contributed by atoms with E-state index in [1.807, 2.05) is 0 Å². The summed E-state index contributed by atoms with van der Waals surface area (Å²) in [6, 6.07) is 9.05. The van der Waals surface area contributed by atoms with E-state index in [1.165, 1.54) is 0 Å². The molecule has 0 fully saturated rings. The van der Waals surface area contributed by atoms with Crippen molar-refractivity contribution in [1.82, 2.24) is 0 Å². The molecule has 0 heterocycles. The van der Waals surface area contributed by atoms with Crippen LogP contribution < -0.4 is 0 Å². The maximum Gasteiger partial charge on any atom is 0.0280 e. The maximum atomic E-state index is 6.99. The summed E-state index contributed by atoms with van der Waals surface area (Å²) >= 11 is 0. The van der Waals surface area contributed by atoms with Crippen molar-refractivity contribution in [2.45, 2.75) is 6.85 Å². The van der Waals surface area contributed by atoms with Crippen molar-refractivity contribution in [1.29, 1.82) is 0 Å². The Morgan fingerprint density at radius 1 is 1.57 bits per heavy atom. The molecule has 0 atom stereocenters. The van der Waals surface area contributed by atoms with E-state index in [0.717, 1.165) is 0 Å². The van der Waals surface area contributed by atoms with Gasteiger partial charge in [-0.3, -0.25) is 0 Å². The molecule has 1 rings (SSSR count). The first-order valence-electron chi connectivity index (χ1n) is 3.57. The van der Waals surface area contributed by atoms with Crippen LogP contribution in [-0.2, 0) is 0 Å². The van der Waals surface area contributed by atoms with Gasteiger partial charge in [-0.1, -0.05) is 29.8 Å². The van der Waals surface area contributed by atoms with E-state index in [0.29, 0.717) is 5.56 Å². The van der Waals surface area contributed by atoms with Crippen LogP contribution in [0.25, 0.3) is 0 Å². The molecule has 0 aliphatic heterocycles. The van der Waals surface area contributed by atoms with Gasteiger partial charge in [-0.2, -0.15) is 0 Å². The van der Waals surface area contributed by atoms with Crippen molar-refractivity contribution in [2.24, 2.45) is 0 Å². The van der Waals surface area contributed by atoms with Crippen LogP contribution in [0, 0.1) is 12.9 Å². The van der Waals surface area contributed by atoms with E-state index >= 15 is 0 Å². The van der Waals surface area contributed by atoms with Gasteiger partial charge in [0.05, 0.1) is 0 Å². The summed E-state index contributed by atoms with van der Waals surface area (Å²) in [4.78, 5) is 0. The second kappa shape index (κ2) is 1.78. The third-order valence-corrected chi connectivity index (χ3v) is 0.718. The topological polar surface area (TPSA) is 0 Å². The first-order chi connectivity index (χ1) is 4.61. The van der Waals surface area contributed by atoms with Crippen molar-refractivity contribution in [3.63, 3.8) is 0 Å². The minimum Gasteiger partial charge on any atom is -0.0587 e. The molecule has 0 saturated carbocycles. The van der Waals surface area contributed by atoms with Crippen LogP contribution in [0.2, 0.25) is 0 Å². The smallest absolute Gasteiger partial charge is 0.0280 e. The molecule has 1 aromatic carbocycles. The monoisotopic (exact) mass is 94.1 g/mol. The summed E-state index contributed by atoms with van der Waals surface area (Å²) in [5.74, 6) is 0. The molecule has 7 heavy (non-hydrogen) atoms. The van der Waals surface area contributed by atoms with Gasteiger partial charge in [-0.25, -0.2) is 0 Å². The number of benzene rings is 1. The Balaban J connectivity index is 2.97. The van der Waals surface area contributed by atoms with Gasteiger partial charge in [-0.05, 0) is 12.9 Å². The molecule has 0 unspecified atom stereocenters. The molecule has 0 nitrogen and oxygen atoms in total. The predicted molar refractivity (Wildman–Crippen MR) is 30.0 cm³/mol. The summed E-state index contributed by atoms with van der Waals surface area (Å²) in [7, 11) is 0. The maximum absolute atomic E-state index is 6.99. The summed E-state index contributed by atoms with van der Waals surface area (Å²) in [5.41, 5.74) is 0.367. The Labute approximate surface area is 48.0 Å². The van der Waals surface area contributed by atoms with Crippen molar-refractivity contribution < 1.29 is 4.11 Å². The SMILES string of the molecule is [2H]C([2H])([2H])c1cc[c]cc1. The zero-order valence-electron chi connectivity index (χ0n) is 6.81. The van der Waals surface area contributed by atoms with E-state index in [2.05, 4.69) is 6.07 Å². The minimum atomic E-state index is -1.98. The first kappa shape index (κ1) is 1.99. The highest BCUT2D eigenvalue weighted by atomic mass is 13.8. The molecule has 0 heteroatoms. The Morgan fingerprint density at radius 2 is 2.29 bits per heavy atom. The van der Waals surface area contributed by atoms with Crippen LogP contribution >= 0.6 is 0 Å². The van der Waals surface area contributed by atoms with Gasteiger partial charge in [0.15, 0.2) is 0 Å². The van der Waals surface area contributed by atoms with Crippen molar-refractivity contribution in [3.8, 4) is 0 Å². The molecule has 0 N–H and O–H groups in total. The average Bonchev–Trinajstić information content (AvgIpc) is 1.88. The molecular formula is C7H7. The van der Waals surface area contributed by atoms with E-state index in [9.17, 15) is 0 Å². The Kier molecular flexibility index (Phi) is 0.508. The predicted octanol–water partition coefficient (Wildman–Crippen LogP) is 1.80. The molecule has 0 amide bonds. The number of hydrogen-bond acceptors (Lipinski definition) is 0. The second-order valence-corrected chi connectivity index (χ2v) is 1.29. The molecule has 0 saturated heterocycles. The van der Waals surface area contributed by atoms with E-state index in [4.69, 9.17) is 4.11 Å². The molecule has 0 aliphatic carbocycles. The van der Waals surface area contributed by atoms with Gasteiger partial charge in [0, 0.05) is 4.11 Å². The number of hydrogen-bond donors (Lipinski definition) is 0. The molecule has 0 aliphatic rings. The third-order valence-electron chi connectivity index (χ3n) is 0.718. The molecule has 35 valence electrons. The molecule has 0 bridgehead atoms. The lowest BCUT2D eigenvalue weighted by atomic mass is 10.2. The molecule has 0 spiro atoms. The highest BCUT2D eigenvalue weighted by Crippen LogP contribution is 1.91. The van der Waals surface area contributed by atoms with Crippen LogP contribution in [-0.4, -0.2) is 0 Å². The molecule has 0 aromatic heterocycles. The lowest BCUT2D eigenvalue weighted by Crippen LogP contribution is -1.63. The lowest BCUT2D eigenvalue weighted by molar-refractivity contribution is 1.47. The lowest BCUT2D eigenvalue weighted by Gasteiger charge is -1.82. The Bertz CT molecular complexity index is 200. The molecule has 1 aromatic rings. The fourth-order valence-electron chi connectivity index (χ4n) is 0.387.